The van der Waals surface area contributed by atoms with E-state index in [0.717, 1.165) is 17.5 Å². The summed E-state index contributed by atoms with van der Waals surface area (Å²) in [5.74, 6) is 0.652. The Balaban J connectivity index is 2.43. The highest BCUT2D eigenvalue weighted by molar-refractivity contribution is 8.00. The number of thioether (sulfide) groups is 1. The van der Waals surface area contributed by atoms with Gasteiger partial charge in [0.05, 0.1) is 5.75 Å². The van der Waals surface area contributed by atoms with Crippen LogP contribution in [0.2, 0.25) is 0 Å². The highest BCUT2D eigenvalue weighted by Crippen LogP contribution is 2.16. The van der Waals surface area contributed by atoms with Gasteiger partial charge in [-0.15, -0.1) is 0 Å². The van der Waals surface area contributed by atoms with E-state index in [1.165, 1.54) is 0 Å². The number of aliphatic hydroxyl groups is 1. The number of benzene rings is 1. The molecule has 1 aromatic carbocycles. The number of ketones is 1. The average molecular weight is 238 g/mol. The zero-order chi connectivity index (χ0) is 12.0. The number of hydrogen-bond acceptors (Lipinski definition) is 3. The molecule has 3 heteroatoms. The maximum atomic E-state index is 11.8. The van der Waals surface area contributed by atoms with Crippen molar-refractivity contribution in [3.8, 4) is 0 Å². The smallest absolute Gasteiger partial charge is 0.172 e. The van der Waals surface area contributed by atoms with Gasteiger partial charge in [-0.1, -0.05) is 36.8 Å². The van der Waals surface area contributed by atoms with Gasteiger partial charge in [0.25, 0.3) is 0 Å². The lowest BCUT2D eigenvalue weighted by Crippen LogP contribution is -2.07. The summed E-state index contributed by atoms with van der Waals surface area (Å²) in [5.41, 5.74) is 1.94. The Bertz CT molecular complexity index is 332. The molecule has 1 atom stereocenters. The Kier molecular flexibility index (Phi) is 5.56. The van der Waals surface area contributed by atoms with Crippen molar-refractivity contribution in [2.75, 3.05) is 12.4 Å². The first kappa shape index (κ1) is 13.3. The fourth-order valence-corrected chi connectivity index (χ4v) is 2.18. The van der Waals surface area contributed by atoms with Crippen LogP contribution in [0.4, 0.5) is 0 Å². The molecule has 0 aliphatic rings. The van der Waals surface area contributed by atoms with Gasteiger partial charge >= 0.3 is 0 Å². The largest absolute Gasteiger partial charge is 0.396 e. The Morgan fingerprint density at radius 2 is 2.00 bits per heavy atom. The summed E-state index contributed by atoms with van der Waals surface area (Å²) in [7, 11) is 0. The SMILES string of the molecule is Cc1ccc(C(=O)CSC(C)CCO)cc1. The molecule has 0 aliphatic heterocycles. The second-order valence-corrected chi connectivity index (χ2v) is 5.35. The van der Waals surface area contributed by atoms with Crippen molar-refractivity contribution in [2.24, 2.45) is 0 Å². The lowest BCUT2D eigenvalue weighted by atomic mass is 10.1. The lowest BCUT2D eigenvalue weighted by Gasteiger charge is -2.08. The van der Waals surface area contributed by atoms with E-state index in [1.54, 1.807) is 11.8 Å². The van der Waals surface area contributed by atoms with E-state index in [1.807, 2.05) is 38.1 Å². The minimum Gasteiger partial charge on any atom is -0.396 e. The van der Waals surface area contributed by atoms with E-state index >= 15 is 0 Å². The molecule has 0 radical (unpaired) electrons. The van der Waals surface area contributed by atoms with Crippen molar-refractivity contribution in [1.29, 1.82) is 0 Å². The normalized spacial score (nSPS) is 12.4. The summed E-state index contributed by atoms with van der Waals surface area (Å²) in [5, 5.41) is 9.08. The molecule has 0 amide bonds. The van der Waals surface area contributed by atoms with Gasteiger partial charge in [0.15, 0.2) is 5.78 Å². The minimum absolute atomic E-state index is 0.162. The number of rotatable bonds is 6. The van der Waals surface area contributed by atoms with Gasteiger partial charge < -0.3 is 5.11 Å². The van der Waals surface area contributed by atoms with E-state index in [2.05, 4.69) is 0 Å². The third-order valence-corrected chi connectivity index (χ3v) is 3.64. The molecule has 0 aromatic heterocycles. The number of carbonyl (C=O) groups is 1. The van der Waals surface area contributed by atoms with Crippen molar-refractivity contribution < 1.29 is 9.90 Å². The van der Waals surface area contributed by atoms with Crippen LogP contribution in [0.1, 0.15) is 29.3 Å². The van der Waals surface area contributed by atoms with Crippen LogP contribution >= 0.6 is 11.8 Å². The van der Waals surface area contributed by atoms with Crippen molar-refractivity contribution in [3.05, 3.63) is 35.4 Å². The first-order valence-corrected chi connectivity index (χ1v) is 6.50. The Morgan fingerprint density at radius 1 is 1.38 bits per heavy atom. The topological polar surface area (TPSA) is 37.3 Å². The van der Waals surface area contributed by atoms with Gasteiger partial charge in [0.2, 0.25) is 0 Å². The number of aliphatic hydroxyl groups excluding tert-OH is 1. The van der Waals surface area contributed by atoms with Crippen molar-refractivity contribution in [3.63, 3.8) is 0 Å². The number of aryl methyl sites for hydroxylation is 1. The Morgan fingerprint density at radius 3 is 2.56 bits per heavy atom. The van der Waals surface area contributed by atoms with E-state index in [0.29, 0.717) is 11.0 Å². The minimum atomic E-state index is 0.162. The highest BCUT2D eigenvalue weighted by Gasteiger charge is 2.08. The fourth-order valence-electron chi connectivity index (χ4n) is 1.31. The van der Waals surface area contributed by atoms with Gasteiger partial charge in [0.1, 0.15) is 0 Å². The molecular formula is C13H18O2S. The second-order valence-electron chi connectivity index (χ2n) is 3.92. The summed E-state index contributed by atoms with van der Waals surface area (Å²) in [6, 6.07) is 7.65. The van der Waals surface area contributed by atoms with Crippen molar-refractivity contribution in [2.45, 2.75) is 25.5 Å². The Labute approximate surface area is 101 Å². The average Bonchev–Trinajstić information content (AvgIpc) is 2.27. The maximum Gasteiger partial charge on any atom is 0.172 e. The van der Waals surface area contributed by atoms with Crippen LogP contribution in [0.25, 0.3) is 0 Å². The number of Topliss-reactive ketones (excluding diaryl/α,β-unsaturated/α-hetero) is 1. The predicted octanol–water partition coefficient (Wildman–Crippen LogP) is 2.68. The van der Waals surface area contributed by atoms with Gasteiger partial charge in [-0.3, -0.25) is 4.79 Å². The standard InChI is InChI=1S/C13H18O2S/c1-10-3-5-12(6-4-10)13(15)9-16-11(2)7-8-14/h3-6,11,14H,7-9H2,1-2H3. The summed E-state index contributed by atoms with van der Waals surface area (Å²) >= 11 is 1.60. The van der Waals surface area contributed by atoms with Crippen LogP contribution in [-0.4, -0.2) is 28.5 Å². The molecule has 0 fully saturated rings. The summed E-state index contributed by atoms with van der Waals surface area (Å²) < 4.78 is 0. The summed E-state index contributed by atoms with van der Waals surface area (Å²) in [6.07, 6.45) is 0.742. The van der Waals surface area contributed by atoms with Crippen molar-refractivity contribution >= 4 is 17.5 Å². The quantitative estimate of drug-likeness (QED) is 0.774. The first-order chi connectivity index (χ1) is 7.63. The zero-order valence-corrected chi connectivity index (χ0v) is 10.6. The summed E-state index contributed by atoms with van der Waals surface area (Å²) in [6.45, 7) is 4.22. The second kappa shape index (κ2) is 6.71. The molecule has 88 valence electrons. The van der Waals surface area contributed by atoms with Gasteiger partial charge in [-0.05, 0) is 13.3 Å². The van der Waals surface area contributed by atoms with Crippen LogP contribution < -0.4 is 0 Å². The molecule has 1 N–H and O–H groups in total. The fraction of sp³-hybridized carbons (Fsp3) is 0.462. The zero-order valence-electron chi connectivity index (χ0n) is 9.77. The highest BCUT2D eigenvalue weighted by atomic mass is 32.2. The van der Waals surface area contributed by atoms with Crippen LogP contribution in [0.15, 0.2) is 24.3 Å². The van der Waals surface area contributed by atoms with Gasteiger partial charge in [-0.2, -0.15) is 11.8 Å². The molecule has 0 heterocycles. The predicted molar refractivity (Wildman–Crippen MR) is 69.1 cm³/mol. The lowest BCUT2D eigenvalue weighted by molar-refractivity contribution is 0.102. The third kappa shape index (κ3) is 4.37. The monoisotopic (exact) mass is 238 g/mol. The molecule has 0 saturated carbocycles. The Hall–Kier alpha value is -0.800. The van der Waals surface area contributed by atoms with Crippen LogP contribution in [0, 0.1) is 6.92 Å². The molecule has 1 unspecified atom stereocenters. The molecule has 0 saturated heterocycles. The molecular weight excluding hydrogens is 220 g/mol. The molecule has 16 heavy (non-hydrogen) atoms. The first-order valence-electron chi connectivity index (χ1n) is 5.46. The molecule has 0 bridgehead atoms. The van der Waals surface area contributed by atoms with Gasteiger partial charge in [-0.25, -0.2) is 0 Å². The van der Waals surface area contributed by atoms with Crippen LogP contribution in [-0.2, 0) is 0 Å². The van der Waals surface area contributed by atoms with Gasteiger partial charge in [0, 0.05) is 17.4 Å². The summed E-state index contributed by atoms with van der Waals surface area (Å²) in [4.78, 5) is 11.8. The van der Waals surface area contributed by atoms with Crippen LogP contribution in [0.3, 0.4) is 0 Å². The maximum absolute atomic E-state index is 11.8. The number of carbonyl (C=O) groups excluding carboxylic acids is 1. The molecule has 2 nitrogen and oxygen atoms in total. The third-order valence-electron chi connectivity index (χ3n) is 2.41. The molecule has 0 spiro atoms. The van der Waals surface area contributed by atoms with E-state index in [4.69, 9.17) is 5.11 Å². The van der Waals surface area contributed by atoms with E-state index in [9.17, 15) is 4.79 Å². The van der Waals surface area contributed by atoms with E-state index in [-0.39, 0.29) is 12.4 Å². The molecule has 0 aliphatic carbocycles. The number of hydrogen-bond donors (Lipinski definition) is 1. The molecule has 1 aromatic rings. The molecule has 1 rings (SSSR count). The van der Waals surface area contributed by atoms with Crippen LogP contribution in [0.5, 0.6) is 0 Å². The van der Waals surface area contributed by atoms with Crippen molar-refractivity contribution in [1.82, 2.24) is 0 Å². The van der Waals surface area contributed by atoms with E-state index < -0.39 is 0 Å².